The van der Waals surface area contributed by atoms with Crippen molar-refractivity contribution in [2.45, 2.75) is 31.1 Å². The van der Waals surface area contributed by atoms with E-state index in [1.165, 1.54) is 19.3 Å². The van der Waals surface area contributed by atoms with Gasteiger partial charge in [-0.15, -0.1) is 21.8 Å². The zero-order valence-electron chi connectivity index (χ0n) is 7.13. The van der Waals surface area contributed by atoms with E-state index in [-0.39, 0.29) is 0 Å². The third kappa shape index (κ3) is 1.12. The van der Waals surface area contributed by atoms with Gasteiger partial charge in [0.2, 0.25) is 0 Å². The number of alkyl halides is 1. The fourth-order valence-corrected chi connectivity index (χ4v) is 1.75. The van der Waals surface area contributed by atoms with Crippen LogP contribution in [0.3, 0.4) is 0 Å². The van der Waals surface area contributed by atoms with Gasteiger partial charge in [0.15, 0.2) is 0 Å². The highest BCUT2D eigenvalue weighted by molar-refractivity contribution is 6.16. The molecule has 0 aromatic carbocycles. The summed E-state index contributed by atoms with van der Waals surface area (Å²) in [5, 5.41) is 8.16. The Morgan fingerprint density at radius 2 is 2.25 bits per heavy atom. The third-order valence-corrected chi connectivity index (χ3v) is 2.83. The standard InChI is InChI=1S/C8H12ClN3/c1-12-7(5-9)10-11-8(12)6-3-2-4-6/h6H,2-5H2,1H3. The van der Waals surface area contributed by atoms with Crippen LogP contribution >= 0.6 is 11.6 Å². The molecule has 1 saturated carbocycles. The third-order valence-electron chi connectivity index (χ3n) is 2.59. The highest BCUT2D eigenvalue weighted by Crippen LogP contribution is 2.35. The summed E-state index contributed by atoms with van der Waals surface area (Å²) in [4.78, 5) is 0. The summed E-state index contributed by atoms with van der Waals surface area (Å²) in [7, 11) is 1.99. The molecule has 4 heteroatoms. The van der Waals surface area contributed by atoms with Gasteiger partial charge in [-0.25, -0.2) is 0 Å². The molecule has 0 aliphatic heterocycles. The van der Waals surface area contributed by atoms with Crippen molar-refractivity contribution >= 4 is 11.6 Å². The second-order valence-corrected chi connectivity index (χ2v) is 3.56. The van der Waals surface area contributed by atoms with Crippen LogP contribution in [0.15, 0.2) is 0 Å². The largest absolute Gasteiger partial charge is 0.317 e. The van der Waals surface area contributed by atoms with Gasteiger partial charge in [-0.1, -0.05) is 6.42 Å². The molecule has 66 valence electrons. The maximum atomic E-state index is 5.69. The minimum absolute atomic E-state index is 0.455. The molecular weight excluding hydrogens is 174 g/mol. The first-order valence-electron chi connectivity index (χ1n) is 4.27. The smallest absolute Gasteiger partial charge is 0.147 e. The topological polar surface area (TPSA) is 30.7 Å². The number of halogens is 1. The average molecular weight is 186 g/mol. The highest BCUT2D eigenvalue weighted by atomic mass is 35.5. The van der Waals surface area contributed by atoms with Crippen LogP contribution in [-0.4, -0.2) is 14.8 Å². The molecule has 0 bridgehead atoms. The van der Waals surface area contributed by atoms with Crippen molar-refractivity contribution in [1.82, 2.24) is 14.8 Å². The number of hydrogen-bond acceptors (Lipinski definition) is 2. The lowest BCUT2D eigenvalue weighted by Gasteiger charge is -2.23. The quantitative estimate of drug-likeness (QED) is 0.659. The van der Waals surface area contributed by atoms with Crippen LogP contribution in [0, 0.1) is 0 Å². The van der Waals surface area contributed by atoms with Gasteiger partial charge < -0.3 is 4.57 Å². The summed E-state index contributed by atoms with van der Waals surface area (Å²) in [5.41, 5.74) is 0. The Kier molecular flexibility index (Phi) is 2.05. The summed E-state index contributed by atoms with van der Waals surface area (Å²) in [5.74, 6) is 3.07. The second kappa shape index (κ2) is 3.05. The molecule has 0 spiro atoms. The molecular formula is C8H12ClN3. The van der Waals surface area contributed by atoms with Gasteiger partial charge in [-0.2, -0.15) is 0 Å². The Labute approximate surface area is 76.7 Å². The van der Waals surface area contributed by atoms with Gasteiger partial charge in [0.1, 0.15) is 11.6 Å². The van der Waals surface area contributed by atoms with Crippen LogP contribution in [0.2, 0.25) is 0 Å². The fourth-order valence-electron chi connectivity index (χ4n) is 1.51. The number of aromatic nitrogens is 3. The highest BCUT2D eigenvalue weighted by Gasteiger charge is 2.24. The Morgan fingerprint density at radius 1 is 1.50 bits per heavy atom. The van der Waals surface area contributed by atoms with Crippen molar-refractivity contribution in [1.29, 1.82) is 0 Å². The fraction of sp³-hybridized carbons (Fsp3) is 0.750. The van der Waals surface area contributed by atoms with E-state index >= 15 is 0 Å². The van der Waals surface area contributed by atoms with Crippen LogP contribution in [0.25, 0.3) is 0 Å². The van der Waals surface area contributed by atoms with E-state index in [0.29, 0.717) is 11.8 Å². The van der Waals surface area contributed by atoms with E-state index in [1.807, 2.05) is 11.6 Å². The second-order valence-electron chi connectivity index (χ2n) is 3.29. The maximum Gasteiger partial charge on any atom is 0.147 e. The Morgan fingerprint density at radius 3 is 2.67 bits per heavy atom. The number of nitrogens with zero attached hydrogens (tertiary/aromatic N) is 3. The zero-order valence-corrected chi connectivity index (χ0v) is 7.88. The molecule has 0 saturated heterocycles. The lowest BCUT2D eigenvalue weighted by atomic mass is 9.85. The van der Waals surface area contributed by atoms with Crippen LogP contribution < -0.4 is 0 Å². The van der Waals surface area contributed by atoms with Gasteiger partial charge in [0.25, 0.3) is 0 Å². The number of rotatable bonds is 2. The summed E-state index contributed by atoms with van der Waals surface area (Å²) in [6, 6.07) is 0. The summed E-state index contributed by atoms with van der Waals surface area (Å²) >= 11 is 5.69. The molecule has 0 unspecified atom stereocenters. The molecule has 1 fully saturated rings. The van der Waals surface area contributed by atoms with E-state index in [0.717, 1.165) is 11.6 Å². The first-order chi connectivity index (χ1) is 5.83. The van der Waals surface area contributed by atoms with Crippen molar-refractivity contribution < 1.29 is 0 Å². The van der Waals surface area contributed by atoms with E-state index in [1.54, 1.807) is 0 Å². The molecule has 0 amide bonds. The van der Waals surface area contributed by atoms with Gasteiger partial charge in [0, 0.05) is 13.0 Å². The first kappa shape index (κ1) is 8.05. The SMILES string of the molecule is Cn1c(CCl)nnc1C1CCC1. The Balaban J connectivity index is 2.25. The molecule has 1 aliphatic carbocycles. The van der Waals surface area contributed by atoms with Crippen molar-refractivity contribution in [3.8, 4) is 0 Å². The first-order valence-corrected chi connectivity index (χ1v) is 4.80. The van der Waals surface area contributed by atoms with Crippen molar-refractivity contribution in [2.24, 2.45) is 7.05 Å². The van der Waals surface area contributed by atoms with Crippen LogP contribution in [0.1, 0.15) is 36.8 Å². The van der Waals surface area contributed by atoms with Crippen LogP contribution in [0.4, 0.5) is 0 Å². The lowest BCUT2D eigenvalue weighted by Crippen LogP contribution is -2.14. The molecule has 3 nitrogen and oxygen atoms in total. The van der Waals surface area contributed by atoms with E-state index in [9.17, 15) is 0 Å². The normalized spacial score (nSPS) is 17.8. The number of hydrogen-bond donors (Lipinski definition) is 0. The maximum absolute atomic E-state index is 5.69. The average Bonchev–Trinajstić information content (AvgIpc) is 2.30. The lowest BCUT2D eigenvalue weighted by molar-refractivity contribution is 0.391. The van der Waals surface area contributed by atoms with Crippen LogP contribution in [0.5, 0.6) is 0 Å². The molecule has 1 aliphatic rings. The van der Waals surface area contributed by atoms with Gasteiger partial charge in [-0.3, -0.25) is 0 Å². The molecule has 1 heterocycles. The van der Waals surface area contributed by atoms with E-state index in [4.69, 9.17) is 11.6 Å². The molecule has 0 radical (unpaired) electrons. The predicted octanol–water partition coefficient (Wildman–Crippen LogP) is 1.82. The van der Waals surface area contributed by atoms with Crippen molar-refractivity contribution in [2.75, 3.05) is 0 Å². The molecule has 1 aromatic heterocycles. The minimum Gasteiger partial charge on any atom is -0.317 e. The molecule has 0 atom stereocenters. The zero-order chi connectivity index (χ0) is 8.55. The van der Waals surface area contributed by atoms with E-state index in [2.05, 4.69) is 10.2 Å². The minimum atomic E-state index is 0.455. The van der Waals surface area contributed by atoms with Crippen molar-refractivity contribution in [3.05, 3.63) is 11.6 Å². The summed E-state index contributed by atoms with van der Waals surface area (Å²) < 4.78 is 2.02. The monoisotopic (exact) mass is 185 g/mol. The van der Waals surface area contributed by atoms with Gasteiger partial charge >= 0.3 is 0 Å². The van der Waals surface area contributed by atoms with Gasteiger partial charge in [0.05, 0.1) is 5.88 Å². The van der Waals surface area contributed by atoms with Gasteiger partial charge in [-0.05, 0) is 12.8 Å². The molecule has 2 rings (SSSR count). The van der Waals surface area contributed by atoms with Crippen molar-refractivity contribution in [3.63, 3.8) is 0 Å². The molecule has 0 N–H and O–H groups in total. The van der Waals surface area contributed by atoms with E-state index < -0.39 is 0 Å². The Hall–Kier alpha value is -0.570. The Bertz CT molecular complexity index is 278. The predicted molar refractivity (Wildman–Crippen MR) is 47.2 cm³/mol. The van der Waals surface area contributed by atoms with Crippen LogP contribution in [-0.2, 0) is 12.9 Å². The molecule has 12 heavy (non-hydrogen) atoms. The molecule has 1 aromatic rings. The summed E-state index contributed by atoms with van der Waals surface area (Å²) in [6.45, 7) is 0. The summed E-state index contributed by atoms with van der Waals surface area (Å²) in [6.07, 6.45) is 3.84.